The normalized spacial score (nSPS) is 15.7. The van der Waals surface area contributed by atoms with E-state index < -0.39 is 0 Å². The summed E-state index contributed by atoms with van der Waals surface area (Å²) in [5, 5.41) is 3.28. The second-order valence-corrected chi connectivity index (χ2v) is 7.44. The summed E-state index contributed by atoms with van der Waals surface area (Å²) in [6.07, 6.45) is 10.3. The molecule has 6 heteroatoms. The zero-order valence-corrected chi connectivity index (χ0v) is 19.4. The van der Waals surface area contributed by atoms with Crippen LogP contribution in [0.4, 0.5) is 4.39 Å². The van der Waals surface area contributed by atoms with Crippen molar-refractivity contribution in [2.45, 2.75) is 59.2 Å². The Kier molecular flexibility index (Phi) is 10.2. The Labute approximate surface area is 186 Å². The standard InChI is InChI=1S/C21H26FN3O2.C2H6.C2H2/c1-5-25(13-14-8-6-7-9-17(14)22)20(26)15-10-16-18(23-4)11-21(2,3)27-19(16)24-12-15;2*1-2/h6-10,12,18,23H,5,11,13H2,1-4H3;1-2H3;1-2H/t18-;;/m0../s1. The van der Waals surface area contributed by atoms with Crippen molar-refractivity contribution in [3.63, 3.8) is 0 Å². The van der Waals surface area contributed by atoms with Crippen LogP contribution in [0.1, 0.15) is 68.6 Å². The molecule has 31 heavy (non-hydrogen) atoms. The molecule has 1 aliphatic heterocycles. The minimum absolute atomic E-state index is 0.0608. The third-order valence-electron chi connectivity index (χ3n) is 4.91. The minimum Gasteiger partial charge on any atom is -0.471 e. The molecule has 1 amide bonds. The van der Waals surface area contributed by atoms with Crippen molar-refractivity contribution < 1.29 is 13.9 Å². The van der Waals surface area contributed by atoms with Crippen LogP contribution in [0, 0.1) is 18.7 Å². The van der Waals surface area contributed by atoms with Crippen LogP contribution >= 0.6 is 0 Å². The Balaban J connectivity index is 0.00000113. The summed E-state index contributed by atoms with van der Waals surface area (Å²) >= 11 is 0. The van der Waals surface area contributed by atoms with Gasteiger partial charge in [0.1, 0.15) is 11.4 Å². The van der Waals surface area contributed by atoms with Crippen LogP contribution in [0.15, 0.2) is 36.5 Å². The number of halogens is 1. The van der Waals surface area contributed by atoms with Gasteiger partial charge in [-0.2, -0.15) is 0 Å². The van der Waals surface area contributed by atoms with Gasteiger partial charge >= 0.3 is 0 Å². The molecule has 0 bridgehead atoms. The maximum absolute atomic E-state index is 14.0. The average molecular weight is 428 g/mol. The summed E-state index contributed by atoms with van der Waals surface area (Å²) in [7, 11) is 1.89. The van der Waals surface area contributed by atoms with Crippen LogP contribution in [-0.4, -0.2) is 35.0 Å². The average Bonchev–Trinajstić information content (AvgIpc) is 2.79. The van der Waals surface area contributed by atoms with Crippen molar-refractivity contribution in [2.24, 2.45) is 0 Å². The van der Waals surface area contributed by atoms with Crippen LogP contribution in [0.3, 0.4) is 0 Å². The molecule has 1 aromatic heterocycles. The van der Waals surface area contributed by atoms with E-state index in [0.717, 1.165) is 12.0 Å². The Morgan fingerprint density at radius 1 is 1.32 bits per heavy atom. The Bertz CT molecular complexity index is 880. The maximum Gasteiger partial charge on any atom is 0.255 e. The van der Waals surface area contributed by atoms with Gasteiger partial charge in [-0.25, -0.2) is 9.37 Å². The molecule has 0 unspecified atom stereocenters. The quantitative estimate of drug-likeness (QED) is 0.684. The van der Waals surface area contributed by atoms with E-state index in [1.807, 2.05) is 47.7 Å². The third-order valence-corrected chi connectivity index (χ3v) is 4.91. The van der Waals surface area contributed by atoms with Gasteiger partial charge in [-0.15, -0.1) is 12.8 Å². The first kappa shape index (κ1) is 26.1. The van der Waals surface area contributed by atoms with Gasteiger partial charge in [0.25, 0.3) is 5.91 Å². The van der Waals surface area contributed by atoms with Crippen LogP contribution < -0.4 is 10.1 Å². The molecule has 2 aromatic rings. The van der Waals surface area contributed by atoms with Crippen LogP contribution in [-0.2, 0) is 6.54 Å². The number of hydrogen-bond acceptors (Lipinski definition) is 4. The highest BCUT2D eigenvalue weighted by atomic mass is 19.1. The second kappa shape index (κ2) is 12.1. The Hall–Kier alpha value is -2.91. The van der Waals surface area contributed by atoms with E-state index in [2.05, 4.69) is 23.1 Å². The summed E-state index contributed by atoms with van der Waals surface area (Å²) in [6, 6.07) is 8.42. The number of hydrogen-bond donors (Lipinski definition) is 1. The number of terminal acetylenes is 1. The highest BCUT2D eigenvalue weighted by Gasteiger charge is 2.34. The summed E-state index contributed by atoms with van der Waals surface area (Å²) in [6.45, 7) is 10.6. The van der Waals surface area contributed by atoms with Crippen molar-refractivity contribution in [1.82, 2.24) is 15.2 Å². The highest BCUT2D eigenvalue weighted by molar-refractivity contribution is 5.94. The number of nitrogens with one attached hydrogen (secondary N) is 1. The first-order valence-electron chi connectivity index (χ1n) is 10.6. The molecule has 168 valence electrons. The van der Waals surface area contributed by atoms with Gasteiger partial charge in [-0.1, -0.05) is 32.0 Å². The number of carbonyl (C=O) groups is 1. The minimum atomic E-state index is -0.320. The lowest BCUT2D eigenvalue weighted by molar-refractivity contribution is 0.0611. The number of rotatable bonds is 5. The Morgan fingerprint density at radius 2 is 1.97 bits per heavy atom. The number of carbonyl (C=O) groups excluding carboxylic acids is 1. The van der Waals surface area contributed by atoms with E-state index in [4.69, 9.17) is 4.74 Å². The van der Waals surface area contributed by atoms with Gasteiger partial charge < -0.3 is 15.0 Å². The molecule has 0 radical (unpaired) electrons. The van der Waals surface area contributed by atoms with E-state index in [0.29, 0.717) is 23.6 Å². The van der Waals surface area contributed by atoms with Crippen molar-refractivity contribution in [3.8, 4) is 18.7 Å². The molecule has 2 heterocycles. The molecule has 1 aliphatic rings. The van der Waals surface area contributed by atoms with Crippen molar-refractivity contribution in [1.29, 1.82) is 0 Å². The van der Waals surface area contributed by atoms with Crippen molar-refractivity contribution >= 4 is 5.91 Å². The van der Waals surface area contributed by atoms with E-state index in [1.165, 1.54) is 6.07 Å². The molecule has 0 spiro atoms. The van der Waals surface area contributed by atoms with Crippen LogP contribution in [0.2, 0.25) is 0 Å². The number of benzene rings is 1. The van der Waals surface area contributed by atoms with E-state index >= 15 is 0 Å². The fourth-order valence-electron chi connectivity index (χ4n) is 3.43. The zero-order valence-electron chi connectivity index (χ0n) is 19.4. The summed E-state index contributed by atoms with van der Waals surface area (Å²) in [4.78, 5) is 19.0. The van der Waals surface area contributed by atoms with Gasteiger partial charge in [-0.05, 0) is 40.0 Å². The zero-order chi connectivity index (χ0) is 23.6. The molecule has 0 saturated heterocycles. The predicted molar refractivity (Wildman–Crippen MR) is 123 cm³/mol. The molecule has 0 aliphatic carbocycles. The molecular weight excluding hydrogens is 393 g/mol. The number of amides is 1. The lowest BCUT2D eigenvalue weighted by atomic mass is 9.90. The number of fused-ring (bicyclic) bond motifs is 1. The molecule has 0 fully saturated rings. The van der Waals surface area contributed by atoms with Crippen LogP contribution in [0.25, 0.3) is 0 Å². The lowest BCUT2D eigenvalue weighted by Crippen LogP contribution is -2.39. The molecule has 1 atom stereocenters. The SMILES string of the molecule is C#C.CC.CCN(Cc1ccccc1F)C(=O)c1cnc2c(c1)[C@@H](NC)CC(C)(C)O2. The largest absolute Gasteiger partial charge is 0.471 e. The number of ether oxygens (including phenoxy) is 1. The van der Waals surface area contributed by atoms with Gasteiger partial charge in [0.05, 0.1) is 5.56 Å². The van der Waals surface area contributed by atoms with E-state index in [-0.39, 0.29) is 29.9 Å². The third kappa shape index (κ3) is 6.53. The van der Waals surface area contributed by atoms with Gasteiger partial charge in [-0.3, -0.25) is 4.79 Å². The predicted octanol–water partition coefficient (Wildman–Crippen LogP) is 4.98. The van der Waals surface area contributed by atoms with Crippen molar-refractivity contribution in [3.05, 3.63) is 59.0 Å². The summed E-state index contributed by atoms with van der Waals surface area (Å²) < 4.78 is 19.9. The summed E-state index contributed by atoms with van der Waals surface area (Å²) in [5.41, 5.74) is 1.54. The fourth-order valence-corrected chi connectivity index (χ4v) is 3.43. The second-order valence-electron chi connectivity index (χ2n) is 7.44. The molecule has 5 nitrogen and oxygen atoms in total. The number of aromatic nitrogens is 1. The topological polar surface area (TPSA) is 54.5 Å². The fraction of sp³-hybridized carbons (Fsp3) is 0.440. The molecular formula is C25H34FN3O2. The maximum atomic E-state index is 14.0. The number of nitrogens with zero attached hydrogens (tertiary/aromatic N) is 2. The molecule has 3 rings (SSSR count). The van der Waals surface area contributed by atoms with Crippen molar-refractivity contribution in [2.75, 3.05) is 13.6 Å². The molecule has 0 saturated carbocycles. The van der Waals surface area contributed by atoms with E-state index in [9.17, 15) is 9.18 Å². The smallest absolute Gasteiger partial charge is 0.255 e. The molecule has 1 N–H and O–H groups in total. The van der Waals surface area contributed by atoms with Crippen LogP contribution in [0.5, 0.6) is 5.88 Å². The lowest BCUT2D eigenvalue weighted by Gasteiger charge is -2.36. The van der Waals surface area contributed by atoms with Gasteiger partial charge in [0.2, 0.25) is 5.88 Å². The molecule has 1 aromatic carbocycles. The Morgan fingerprint density at radius 3 is 2.55 bits per heavy atom. The summed E-state index contributed by atoms with van der Waals surface area (Å²) in [5.74, 6) is 0.0771. The first-order chi connectivity index (χ1) is 14.8. The van der Waals surface area contributed by atoms with E-state index in [1.54, 1.807) is 29.3 Å². The monoisotopic (exact) mass is 427 g/mol. The van der Waals surface area contributed by atoms with Gasteiger partial charge in [0.15, 0.2) is 0 Å². The number of pyridine rings is 1. The highest BCUT2D eigenvalue weighted by Crippen LogP contribution is 2.38. The first-order valence-corrected chi connectivity index (χ1v) is 10.6. The van der Waals surface area contributed by atoms with Gasteiger partial charge in [0, 0.05) is 42.9 Å².